The molecule has 0 saturated heterocycles. The molecule has 4 nitrogen and oxygen atoms in total. The maximum absolute atomic E-state index is 10.4. The van der Waals surface area contributed by atoms with E-state index in [0.717, 1.165) is 0 Å². The van der Waals surface area contributed by atoms with Crippen LogP contribution >= 0.6 is 0 Å². The Bertz CT molecular complexity index is 490. The number of nitrogens with two attached hydrogens (primary N) is 1. The Kier molecular flexibility index (Phi) is 3.32. The zero-order valence-electron chi connectivity index (χ0n) is 8.07. The summed E-state index contributed by atoms with van der Waals surface area (Å²) >= 11 is 0. The molecule has 15 heavy (non-hydrogen) atoms. The third-order valence-corrected chi connectivity index (χ3v) is 1.65. The molecule has 0 radical (unpaired) electrons. The van der Waals surface area contributed by atoms with Crippen LogP contribution in [0.3, 0.4) is 0 Å². The molecule has 0 heterocycles. The first-order valence-electron chi connectivity index (χ1n) is 4.07. The molecule has 1 aromatic rings. The Morgan fingerprint density at radius 1 is 1.53 bits per heavy atom. The summed E-state index contributed by atoms with van der Waals surface area (Å²) in [5.41, 5.74) is 5.78. The van der Waals surface area contributed by atoms with Gasteiger partial charge in [0.2, 0.25) is 0 Å². The van der Waals surface area contributed by atoms with Crippen LogP contribution in [0.15, 0.2) is 18.2 Å². The van der Waals surface area contributed by atoms with Crippen molar-refractivity contribution in [2.75, 3.05) is 7.11 Å². The molecule has 0 saturated carbocycles. The fourth-order valence-electron chi connectivity index (χ4n) is 1.01. The van der Waals surface area contributed by atoms with Crippen molar-refractivity contribution in [3.8, 4) is 23.7 Å². The Hall–Kier alpha value is -2.46. The predicted octanol–water partition coefficient (Wildman–Crippen LogP) is 0.404. The van der Waals surface area contributed by atoms with Gasteiger partial charge in [-0.25, -0.2) is 0 Å². The minimum absolute atomic E-state index is 0.369. The molecule has 2 N–H and O–H groups in total. The van der Waals surface area contributed by atoms with Crippen LogP contribution in [-0.2, 0) is 4.79 Å². The second-order valence-corrected chi connectivity index (χ2v) is 2.64. The van der Waals surface area contributed by atoms with Crippen molar-refractivity contribution in [2.24, 2.45) is 5.73 Å². The predicted molar refractivity (Wildman–Crippen MR) is 53.8 cm³/mol. The molecule has 1 aromatic carbocycles. The second-order valence-electron chi connectivity index (χ2n) is 2.64. The molecule has 74 valence electrons. The van der Waals surface area contributed by atoms with Crippen LogP contribution in [0, 0.1) is 23.2 Å². The molecule has 0 aliphatic heterocycles. The molecule has 0 atom stereocenters. The first-order valence-corrected chi connectivity index (χ1v) is 4.07. The van der Waals surface area contributed by atoms with Crippen molar-refractivity contribution in [3.05, 3.63) is 29.3 Å². The Balaban J connectivity index is 3.12. The standard InChI is InChI=1S/C11H8N2O2/c1-15-10-4-2-8(3-5-11(13)14)6-9(10)7-12/h2,4,6H,1H3,(H2,13,14). The third kappa shape index (κ3) is 2.75. The van der Waals surface area contributed by atoms with Crippen LogP contribution < -0.4 is 10.5 Å². The maximum Gasteiger partial charge on any atom is 0.293 e. The smallest absolute Gasteiger partial charge is 0.293 e. The van der Waals surface area contributed by atoms with Crippen LogP contribution in [-0.4, -0.2) is 13.0 Å². The zero-order chi connectivity index (χ0) is 11.3. The lowest BCUT2D eigenvalue weighted by molar-refractivity contribution is -0.112. The average Bonchev–Trinajstić information content (AvgIpc) is 2.25. The van der Waals surface area contributed by atoms with Gasteiger partial charge in [-0.2, -0.15) is 5.26 Å². The quantitative estimate of drug-likeness (QED) is 0.667. The molecule has 0 spiro atoms. The highest BCUT2D eigenvalue weighted by Crippen LogP contribution is 2.17. The highest BCUT2D eigenvalue weighted by molar-refractivity contribution is 5.92. The number of carbonyl (C=O) groups is 1. The Morgan fingerprint density at radius 2 is 2.27 bits per heavy atom. The van der Waals surface area contributed by atoms with E-state index in [-0.39, 0.29) is 0 Å². The summed E-state index contributed by atoms with van der Waals surface area (Å²) in [6, 6.07) is 6.77. The van der Waals surface area contributed by atoms with E-state index >= 15 is 0 Å². The third-order valence-electron chi connectivity index (χ3n) is 1.65. The summed E-state index contributed by atoms with van der Waals surface area (Å²) < 4.78 is 4.95. The van der Waals surface area contributed by atoms with Gasteiger partial charge >= 0.3 is 0 Å². The van der Waals surface area contributed by atoms with Gasteiger partial charge in [-0.05, 0) is 24.1 Å². The lowest BCUT2D eigenvalue weighted by Crippen LogP contribution is -2.06. The number of carbonyl (C=O) groups excluding carboxylic acids is 1. The van der Waals surface area contributed by atoms with E-state index < -0.39 is 5.91 Å². The minimum Gasteiger partial charge on any atom is -0.495 e. The number of methoxy groups -OCH3 is 1. The van der Waals surface area contributed by atoms with E-state index in [4.69, 9.17) is 15.7 Å². The summed E-state index contributed by atoms with van der Waals surface area (Å²) in [6.45, 7) is 0. The summed E-state index contributed by atoms with van der Waals surface area (Å²) in [7, 11) is 1.48. The van der Waals surface area contributed by atoms with Gasteiger partial charge in [-0.15, -0.1) is 0 Å². The van der Waals surface area contributed by atoms with Crippen LogP contribution in [0.2, 0.25) is 0 Å². The van der Waals surface area contributed by atoms with E-state index in [1.54, 1.807) is 12.1 Å². The average molecular weight is 200 g/mol. The number of nitrogens with zero attached hydrogens (tertiary/aromatic N) is 1. The molecule has 0 fully saturated rings. The summed E-state index contributed by atoms with van der Waals surface area (Å²) in [6.07, 6.45) is 0. The summed E-state index contributed by atoms with van der Waals surface area (Å²) in [5, 5.41) is 8.78. The number of ether oxygens (including phenoxy) is 1. The van der Waals surface area contributed by atoms with E-state index in [1.807, 2.05) is 6.07 Å². The molecular weight excluding hydrogens is 192 g/mol. The van der Waals surface area contributed by atoms with E-state index in [9.17, 15) is 4.79 Å². The topological polar surface area (TPSA) is 76.1 Å². The van der Waals surface area contributed by atoms with Gasteiger partial charge in [0.05, 0.1) is 12.7 Å². The Morgan fingerprint density at radius 3 is 2.80 bits per heavy atom. The first kappa shape index (κ1) is 10.6. The van der Waals surface area contributed by atoms with Gasteiger partial charge in [0, 0.05) is 5.56 Å². The van der Waals surface area contributed by atoms with E-state index in [2.05, 4.69) is 11.8 Å². The van der Waals surface area contributed by atoms with Gasteiger partial charge < -0.3 is 10.5 Å². The highest BCUT2D eigenvalue weighted by Gasteiger charge is 2.01. The van der Waals surface area contributed by atoms with Crippen LogP contribution in [0.25, 0.3) is 0 Å². The maximum atomic E-state index is 10.4. The lowest BCUT2D eigenvalue weighted by Gasteiger charge is -2.01. The molecular formula is C11H8N2O2. The van der Waals surface area contributed by atoms with Crippen LogP contribution in [0.5, 0.6) is 5.75 Å². The number of amides is 1. The molecule has 0 unspecified atom stereocenters. The number of rotatable bonds is 1. The van der Waals surface area contributed by atoms with Crippen LogP contribution in [0.4, 0.5) is 0 Å². The molecule has 0 aliphatic carbocycles. The highest BCUT2D eigenvalue weighted by atomic mass is 16.5. The number of nitriles is 1. The van der Waals surface area contributed by atoms with E-state index in [1.165, 1.54) is 13.2 Å². The van der Waals surface area contributed by atoms with Crippen molar-refractivity contribution in [1.29, 1.82) is 5.26 Å². The first-order chi connectivity index (χ1) is 7.17. The number of hydrogen-bond donors (Lipinski definition) is 1. The number of hydrogen-bond acceptors (Lipinski definition) is 3. The fraction of sp³-hybridized carbons (Fsp3) is 0.0909. The van der Waals surface area contributed by atoms with Crippen molar-refractivity contribution in [1.82, 2.24) is 0 Å². The molecule has 4 heteroatoms. The number of benzene rings is 1. The molecule has 0 aliphatic rings. The lowest BCUT2D eigenvalue weighted by atomic mass is 10.1. The Labute approximate surface area is 87.3 Å². The SMILES string of the molecule is COc1ccc(C#CC(N)=O)cc1C#N. The van der Waals surface area contributed by atoms with Crippen molar-refractivity contribution >= 4 is 5.91 Å². The van der Waals surface area contributed by atoms with Gasteiger partial charge in [0.1, 0.15) is 11.8 Å². The summed E-state index contributed by atoms with van der Waals surface area (Å²) in [5.74, 6) is 4.50. The molecule has 1 rings (SSSR count). The minimum atomic E-state index is -0.704. The van der Waals surface area contributed by atoms with E-state index in [0.29, 0.717) is 16.9 Å². The van der Waals surface area contributed by atoms with Gasteiger partial charge in [0.15, 0.2) is 0 Å². The van der Waals surface area contributed by atoms with Crippen molar-refractivity contribution in [2.45, 2.75) is 0 Å². The molecule has 0 aromatic heterocycles. The molecule has 0 bridgehead atoms. The van der Waals surface area contributed by atoms with Crippen molar-refractivity contribution < 1.29 is 9.53 Å². The normalized spacial score (nSPS) is 8.27. The molecule has 1 amide bonds. The van der Waals surface area contributed by atoms with Crippen LogP contribution in [0.1, 0.15) is 11.1 Å². The van der Waals surface area contributed by atoms with Gasteiger partial charge in [-0.1, -0.05) is 5.92 Å². The monoisotopic (exact) mass is 200 g/mol. The zero-order valence-corrected chi connectivity index (χ0v) is 8.07. The van der Waals surface area contributed by atoms with Crippen molar-refractivity contribution in [3.63, 3.8) is 0 Å². The number of primary amides is 1. The van der Waals surface area contributed by atoms with Gasteiger partial charge in [0.25, 0.3) is 5.91 Å². The fourth-order valence-corrected chi connectivity index (χ4v) is 1.01. The second kappa shape index (κ2) is 4.69. The largest absolute Gasteiger partial charge is 0.495 e. The summed E-state index contributed by atoms with van der Waals surface area (Å²) in [4.78, 5) is 10.4. The van der Waals surface area contributed by atoms with Gasteiger partial charge in [-0.3, -0.25) is 4.79 Å².